The van der Waals surface area contributed by atoms with Crippen molar-refractivity contribution in [1.82, 2.24) is 4.90 Å². The average molecular weight is 506 g/mol. The minimum absolute atomic E-state index is 0.0298. The number of amides is 1. The molecule has 1 amide bonds. The fraction of sp³-hybridized carbons (Fsp3) is 0.296. The summed E-state index contributed by atoms with van der Waals surface area (Å²) < 4.78 is 0. The number of nitro groups is 1. The number of nitro benzene ring substituents is 1. The van der Waals surface area contributed by atoms with Crippen molar-refractivity contribution in [2.75, 3.05) is 67.1 Å². The number of piperazine rings is 2. The Bertz CT molecular complexity index is 1240. The summed E-state index contributed by atoms with van der Waals surface area (Å²) in [4.78, 5) is 32.8. The normalized spacial score (nSPS) is 16.2. The van der Waals surface area contributed by atoms with Gasteiger partial charge in [0.25, 0.3) is 11.6 Å². The third-order valence-corrected chi connectivity index (χ3v) is 7.14. The molecule has 8 nitrogen and oxygen atoms in total. The van der Waals surface area contributed by atoms with Crippen LogP contribution in [0.5, 0.6) is 0 Å². The second-order valence-corrected chi connectivity index (χ2v) is 9.47. The van der Waals surface area contributed by atoms with Gasteiger partial charge < -0.3 is 19.6 Å². The van der Waals surface area contributed by atoms with Crippen molar-refractivity contribution in [2.45, 2.75) is 0 Å². The lowest BCUT2D eigenvalue weighted by atomic mass is 10.1. The van der Waals surface area contributed by atoms with Crippen molar-refractivity contribution in [2.24, 2.45) is 0 Å². The van der Waals surface area contributed by atoms with E-state index >= 15 is 0 Å². The average Bonchev–Trinajstić information content (AvgIpc) is 2.93. The number of benzene rings is 3. The van der Waals surface area contributed by atoms with Crippen LogP contribution in [0.4, 0.5) is 22.7 Å². The summed E-state index contributed by atoms with van der Waals surface area (Å²) in [6.07, 6.45) is 0. The molecule has 3 aromatic rings. The van der Waals surface area contributed by atoms with Gasteiger partial charge in [-0.2, -0.15) is 0 Å². The van der Waals surface area contributed by atoms with Crippen molar-refractivity contribution >= 4 is 40.3 Å². The molecule has 186 valence electrons. The van der Waals surface area contributed by atoms with Crippen LogP contribution in [0, 0.1) is 10.1 Å². The maximum atomic E-state index is 12.9. The fourth-order valence-electron chi connectivity index (χ4n) is 4.93. The first-order valence-corrected chi connectivity index (χ1v) is 12.5. The van der Waals surface area contributed by atoms with E-state index in [4.69, 9.17) is 11.6 Å². The van der Waals surface area contributed by atoms with E-state index in [-0.39, 0.29) is 16.5 Å². The van der Waals surface area contributed by atoms with Gasteiger partial charge in [0.05, 0.1) is 4.92 Å². The standard InChI is InChI=1S/C27H28ClN5O3/c28-22-6-4-5-21(19-22)27(34)32-17-13-30(14-18-32)24-9-10-25(33(35)36)26(20-24)31-15-11-29(12-16-31)23-7-2-1-3-8-23/h1-10,19-20H,11-18H2. The van der Waals surface area contributed by atoms with Crippen LogP contribution in [-0.4, -0.2) is 68.1 Å². The Balaban J connectivity index is 1.27. The van der Waals surface area contributed by atoms with Gasteiger partial charge in [0, 0.05) is 80.4 Å². The molecule has 0 bridgehead atoms. The second kappa shape index (κ2) is 10.5. The summed E-state index contributed by atoms with van der Waals surface area (Å²) in [5.74, 6) is -0.0298. The van der Waals surface area contributed by atoms with Gasteiger partial charge in [-0.25, -0.2) is 0 Å². The summed E-state index contributed by atoms with van der Waals surface area (Å²) in [6, 6.07) is 22.6. The highest BCUT2D eigenvalue weighted by Gasteiger charge is 2.27. The summed E-state index contributed by atoms with van der Waals surface area (Å²) in [6.45, 7) is 5.49. The number of hydrogen-bond acceptors (Lipinski definition) is 6. The van der Waals surface area contributed by atoms with Gasteiger partial charge in [-0.1, -0.05) is 35.9 Å². The molecule has 9 heteroatoms. The summed E-state index contributed by atoms with van der Waals surface area (Å²) in [7, 11) is 0. The lowest BCUT2D eigenvalue weighted by Crippen LogP contribution is -2.49. The maximum absolute atomic E-state index is 12.9. The highest BCUT2D eigenvalue weighted by Crippen LogP contribution is 2.34. The number of carbonyl (C=O) groups excluding carboxylic acids is 1. The maximum Gasteiger partial charge on any atom is 0.292 e. The SMILES string of the molecule is O=C(c1cccc(Cl)c1)N1CCN(c2ccc([N+](=O)[O-])c(N3CCN(c4ccccc4)CC3)c2)CC1. The number of anilines is 3. The Morgan fingerprint density at radius 3 is 2.03 bits per heavy atom. The largest absolute Gasteiger partial charge is 0.368 e. The molecule has 0 spiro atoms. The second-order valence-electron chi connectivity index (χ2n) is 9.03. The van der Waals surface area contributed by atoms with E-state index < -0.39 is 0 Å². The Kier molecular flexibility index (Phi) is 6.95. The van der Waals surface area contributed by atoms with Gasteiger partial charge >= 0.3 is 0 Å². The molecule has 2 fully saturated rings. The van der Waals surface area contributed by atoms with Crippen LogP contribution in [0.3, 0.4) is 0 Å². The molecular weight excluding hydrogens is 478 g/mol. The predicted octanol–water partition coefficient (Wildman–Crippen LogP) is 4.54. The molecule has 2 heterocycles. The first kappa shape index (κ1) is 23.9. The molecule has 3 aromatic carbocycles. The molecule has 2 saturated heterocycles. The van der Waals surface area contributed by atoms with E-state index in [1.807, 2.05) is 35.2 Å². The number of hydrogen-bond donors (Lipinski definition) is 0. The number of carbonyl (C=O) groups is 1. The summed E-state index contributed by atoms with van der Waals surface area (Å²) in [5.41, 5.74) is 3.48. The van der Waals surface area contributed by atoms with Gasteiger partial charge in [-0.3, -0.25) is 14.9 Å². The van der Waals surface area contributed by atoms with Crippen LogP contribution in [0.15, 0.2) is 72.8 Å². The van der Waals surface area contributed by atoms with Crippen LogP contribution in [-0.2, 0) is 0 Å². The van der Waals surface area contributed by atoms with E-state index in [1.165, 1.54) is 5.69 Å². The summed E-state index contributed by atoms with van der Waals surface area (Å²) >= 11 is 6.05. The van der Waals surface area contributed by atoms with Gasteiger partial charge in [0.2, 0.25) is 0 Å². The molecule has 5 rings (SSSR count). The van der Waals surface area contributed by atoms with Gasteiger partial charge in [0.15, 0.2) is 0 Å². The molecule has 0 aliphatic carbocycles. The molecule has 36 heavy (non-hydrogen) atoms. The lowest BCUT2D eigenvalue weighted by Gasteiger charge is -2.38. The van der Waals surface area contributed by atoms with E-state index in [2.05, 4.69) is 26.8 Å². The van der Waals surface area contributed by atoms with Gasteiger partial charge in [-0.15, -0.1) is 0 Å². The van der Waals surface area contributed by atoms with Gasteiger partial charge in [-0.05, 0) is 42.5 Å². The van der Waals surface area contributed by atoms with Crippen LogP contribution < -0.4 is 14.7 Å². The van der Waals surface area contributed by atoms with E-state index in [1.54, 1.807) is 30.3 Å². The zero-order valence-corrected chi connectivity index (χ0v) is 20.7. The monoisotopic (exact) mass is 505 g/mol. The Hall–Kier alpha value is -3.78. The lowest BCUT2D eigenvalue weighted by molar-refractivity contribution is -0.384. The van der Waals surface area contributed by atoms with Crippen LogP contribution in [0.2, 0.25) is 5.02 Å². The molecule has 0 atom stereocenters. The van der Waals surface area contributed by atoms with E-state index in [0.717, 1.165) is 18.8 Å². The van der Waals surface area contributed by atoms with Crippen molar-refractivity contribution in [3.8, 4) is 0 Å². The first-order valence-electron chi connectivity index (χ1n) is 12.1. The molecule has 0 saturated carbocycles. The number of nitrogens with zero attached hydrogens (tertiary/aromatic N) is 5. The third-order valence-electron chi connectivity index (χ3n) is 6.90. The molecule has 0 N–H and O–H groups in total. The molecule has 0 aromatic heterocycles. The predicted molar refractivity (Wildman–Crippen MR) is 144 cm³/mol. The van der Waals surface area contributed by atoms with Gasteiger partial charge in [0.1, 0.15) is 5.69 Å². The highest BCUT2D eigenvalue weighted by atomic mass is 35.5. The number of para-hydroxylation sites is 1. The minimum Gasteiger partial charge on any atom is -0.368 e. The van der Waals surface area contributed by atoms with Crippen LogP contribution >= 0.6 is 11.6 Å². The third kappa shape index (κ3) is 5.09. The molecule has 2 aliphatic rings. The molecular formula is C27H28ClN5O3. The quantitative estimate of drug-likeness (QED) is 0.374. The minimum atomic E-state index is -0.301. The number of halogens is 1. The zero-order chi connectivity index (χ0) is 25.1. The fourth-order valence-corrected chi connectivity index (χ4v) is 5.12. The van der Waals surface area contributed by atoms with Crippen molar-refractivity contribution in [1.29, 1.82) is 0 Å². The van der Waals surface area contributed by atoms with Crippen molar-refractivity contribution in [3.05, 3.63) is 93.5 Å². The van der Waals surface area contributed by atoms with E-state index in [9.17, 15) is 14.9 Å². The smallest absolute Gasteiger partial charge is 0.292 e. The van der Waals surface area contributed by atoms with Crippen molar-refractivity contribution in [3.63, 3.8) is 0 Å². The van der Waals surface area contributed by atoms with Crippen LogP contribution in [0.1, 0.15) is 10.4 Å². The zero-order valence-electron chi connectivity index (χ0n) is 19.9. The number of rotatable bonds is 5. The van der Waals surface area contributed by atoms with Crippen molar-refractivity contribution < 1.29 is 9.72 Å². The Labute approximate surface area is 215 Å². The Morgan fingerprint density at radius 2 is 1.36 bits per heavy atom. The first-order chi connectivity index (χ1) is 17.5. The molecule has 0 radical (unpaired) electrons. The van der Waals surface area contributed by atoms with Crippen LogP contribution in [0.25, 0.3) is 0 Å². The molecule has 0 unspecified atom stereocenters. The molecule has 2 aliphatic heterocycles. The Morgan fingerprint density at radius 1 is 0.722 bits per heavy atom. The summed E-state index contributed by atoms with van der Waals surface area (Å²) in [5, 5.41) is 12.4. The van der Waals surface area contributed by atoms with E-state index in [0.29, 0.717) is 55.5 Å². The topological polar surface area (TPSA) is 73.2 Å². The highest BCUT2D eigenvalue weighted by molar-refractivity contribution is 6.30.